The molecule has 1 heterocycles. The number of nitrogens with one attached hydrogen (secondary N) is 2. The summed E-state index contributed by atoms with van der Waals surface area (Å²) in [7, 11) is 0. The van der Waals surface area contributed by atoms with E-state index in [1.165, 1.54) is 22.3 Å². The zero-order valence-corrected chi connectivity index (χ0v) is 17.8. The first-order valence-corrected chi connectivity index (χ1v) is 10.9. The van der Waals surface area contributed by atoms with Gasteiger partial charge in [0, 0.05) is 12.5 Å². The van der Waals surface area contributed by atoms with Crippen molar-refractivity contribution in [1.82, 2.24) is 5.32 Å². The first-order valence-electron chi connectivity index (χ1n) is 10.9. The number of hydrogen-bond acceptors (Lipinski definition) is 4. The van der Waals surface area contributed by atoms with Crippen molar-refractivity contribution in [1.29, 1.82) is 0 Å². The summed E-state index contributed by atoms with van der Waals surface area (Å²) in [6.07, 6.45) is 3.74. The Bertz CT molecular complexity index is 1250. The molecule has 0 spiro atoms. The highest BCUT2D eigenvalue weighted by atomic mass is 16.5. The van der Waals surface area contributed by atoms with Crippen LogP contribution in [0.5, 0.6) is 0 Å². The van der Waals surface area contributed by atoms with E-state index in [2.05, 4.69) is 34.9 Å². The number of alkyl carbamates (subject to hydrolysis) is 1. The van der Waals surface area contributed by atoms with Crippen molar-refractivity contribution in [2.75, 3.05) is 18.5 Å². The van der Waals surface area contributed by atoms with Gasteiger partial charge in [0.15, 0.2) is 0 Å². The van der Waals surface area contributed by atoms with Crippen LogP contribution in [0.3, 0.4) is 0 Å². The average molecular weight is 438 g/mol. The summed E-state index contributed by atoms with van der Waals surface area (Å²) in [4.78, 5) is 35.8. The van der Waals surface area contributed by atoms with Crippen molar-refractivity contribution in [3.05, 3.63) is 95.1 Å². The van der Waals surface area contributed by atoms with Gasteiger partial charge in [0.25, 0.3) is 11.7 Å². The third-order valence-electron chi connectivity index (χ3n) is 6.00. The number of ether oxygens (including phenoxy) is 1. The lowest BCUT2D eigenvalue weighted by atomic mass is 9.98. The van der Waals surface area contributed by atoms with E-state index in [0.29, 0.717) is 29.8 Å². The minimum atomic E-state index is -0.609. The van der Waals surface area contributed by atoms with Gasteiger partial charge in [0.2, 0.25) is 0 Å². The first-order chi connectivity index (χ1) is 16.1. The molecule has 0 saturated heterocycles. The highest BCUT2D eigenvalue weighted by molar-refractivity contribution is 6.52. The van der Waals surface area contributed by atoms with Crippen LogP contribution >= 0.6 is 0 Å². The molecular weight excluding hydrogens is 416 g/mol. The average Bonchev–Trinajstić information content (AvgIpc) is 3.31. The Morgan fingerprint density at radius 1 is 0.939 bits per heavy atom. The second kappa shape index (κ2) is 8.74. The number of benzene rings is 3. The lowest BCUT2D eigenvalue weighted by Gasteiger charge is -2.14. The molecule has 0 radical (unpaired) electrons. The first kappa shape index (κ1) is 20.7. The molecular formula is C27H22N2O4. The van der Waals surface area contributed by atoms with Crippen LogP contribution < -0.4 is 10.6 Å². The summed E-state index contributed by atoms with van der Waals surface area (Å²) in [5, 5.41) is 5.32. The van der Waals surface area contributed by atoms with Gasteiger partial charge in [-0.2, -0.15) is 0 Å². The van der Waals surface area contributed by atoms with Crippen molar-refractivity contribution in [2.24, 2.45) is 0 Å². The van der Waals surface area contributed by atoms with Crippen LogP contribution in [-0.4, -0.2) is 30.9 Å². The van der Waals surface area contributed by atoms with Gasteiger partial charge >= 0.3 is 6.09 Å². The molecule has 3 aromatic rings. The molecule has 1 aliphatic heterocycles. The van der Waals surface area contributed by atoms with Gasteiger partial charge in [0.05, 0.1) is 11.3 Å². The smallest absolute Gasteiger partial charge is 0.407 e. The summed E-state index contributed by atoms with van der Waals surface area (Å²) in [6.45, 7) is 0.669. The molecule has 5 rings (SSSR count). The summed E-state index contributed by atoms with van der Waals surface area (Å²) >= 11 is 0. The third-order valence-corrected chi connectivity index (χ3v) is 6.00. The van der Waals surface area contributed by atoms with Crippen molar-refractivity contribution >= 4 is 29.5 Å². The number of hydrogen-bond donors (Lipinski definition) is 2. The summed E-state index contributed by atoms with van der Waals surface area (Å²) < 4.78 is 5.53. The van der Waals surface area contributed by atoms with Crippen LogP contribution in [0, 0.1) is 0 Å². The third kappa shape index (κ3) is 3.91. The zero-order chi connectivity index (χ0) is 22.8. The normalized spacial score (nSPS) is 14.1. The molecule has 1 aliphatic carbocycles. The van der Waals surface area contributed by atoms with Crippen LogP contribution in [0.2, 0.25) is 0 Å². The number of rotatable bonds is 6. The number of fused-ring (bicyclic) bond motifs is 4. The van der Waals surface area contributed by atoms with Crippen molar-refractivity contribution < 1.29 is 19.1 Å². The van der Waals surface area contributed by atoms with Crippen LogP contribution in [0.15, 0.2) is 72.8 Å². The molecule has 0 bridgehead atoms. The fraction of sp³-hybridized carbons (Fsp3) is 0.148. The Morgan fingerprint density at radius 3 is 2.36 bits per heavy atom. The molecule has 0 atom stereocenters. The Hall–Kier alpha value is -4.19. The Morgan fingerprint density at radius 2 is 1.64 bits per heavy atom. The highest BCUT2D eigenvalue weighted by Crippen LogP contribution is 2.44. The Balaban J connectivity index is 1.14. The summed E-state index contributed by atoms with van der Waals surface area (Å²) in [6, 6.07) is 21.7. The molecule has 2 aliphatic rings. The minimum absolute atomic E-state index is 0.0251. The Labute approximate surface area is 191 Å². The molecule has 6 heteroatoms. The van der Waals surface area contributed by atoms with Crippen LogP contribution in [0.25, 0.3) is 17.2 Å². The molecule has 0 aromatic heterocycles. The maximum Gasteiger partial charge on any atom is 0.407 e. The van der Waals surface area contributed by atoms with E-state index in [4.69, 9.17) is 4.74 Å². The summed E-state index contributed by atoms with van der Waals surface area (Å²) in [5.74, 6) is -1.11. The number of Topliss-reactive ketones (excluding diaryl/α,β-unsaturated/α-hetero) is 1. The van der Waals surface area contributed by atoms with Crippen molar-refractivity contribution in [3.8, 4) is 11.1 Å². The van der Waals surface area contributed by atoms with E-state index in [-0.39, 0.29) is 12.5 Å². The largest absolute Gasteiger partial charge is 0.449 e. The lowest BCUT2D eigenvalue weighted by molar-refractivity contribution is -0.112. The molecule has 2 N–H and O–H groups in total. The molecule has 33 heavy (non-hydrogen) atoms. The number of anilines is 1. The van der Waals surface area contributed by atoms with Gasteiger partial charge in [-0.3, -0.25) is 9.59 Å². The molecule has 6 nitrogen and oxygen atoms in total. The lowest BCUT2D eigenvalue weighted by Crippen LogP contribution is -2.26. The topological polar surface area (TPSA) is 84.5 Å². The van der Waals surface area contributed by atoms with E-state index in [9.17, 15) is 14.4 Å². The maximum absolute atomic E-state index is 12.2. The van der Waals surface area contributed by atoms with Gasteiger partial charge in [0.1, 0.15) is 6.61 Å². The molecule has 2 amide bonds. The van der Waals surface area contributed by atoms with Crippen LogP contribution in [0.4, 0.5) is 10.5 Å². The van der Waals surface area contributed by atoms with E-state index < -0.39 is 17.8 Å². The van der Waals surface area contributed by atoms with E-state index in [0.717, 1.165) is 0 Å². The van der Waals surface area contributed by atoms with Gasteiger partial charge in [-0.15, -0.1) is 0 Å². The van der Waals surface area contributed by atoms with E-state index >= 15 is 0 Å². The summed E-state index contributed by atoms with van der Waals surface area (Å²) in [5.41, 5.74) is 6.33. The quantitative estimate of drug-likeness (QED) is 0.429. The standard InChI is InChI=1S/C27H22N2O4/c30-25-24-17(9-7-14-23(24)29-26(25)31)8-5-6-15-28-27(32)33-16-22-20-12-3-1-10-18(20)19-11-2-4-13-21(19)22/h1-5,7-14,22H,6,15-16H2,(H,28,32)(H,29,30,31). The second-order valence-corrected chi connectivity index (χ2v) is 8.00. The minimum Gasteiger partial charge on any atom is -0.449 e. The molecule has 164 valence electrons. The Kier molecular flexibility index (Phi) is 5.48. The van der Waals surface area contributed by atoms with Crippen LogP contribution in [-0.2, 0) is 9.53 Å². The fourth-order valence-electron chi connectivity index (χ4n) is 4.48. The molecule has 3 aromatic carbocycles. The zero-order valence-electron chi connectivity index (χ0n) is 17.8. The van der Waals surface area contributed by atoms with Gasteiger partial charge in [-0.1, -0.05) is 72.8 Å². The number of carbonyl (C=O) groups excluding carboxylic acids is 3. The monoisotopic (exact) mass is 438 g/mol. The van der Waals surface area contributed by atoms with E-state index in [1.807, 2.05) is 30.3 Å². The predicted octanol–water partition coefficient (Wildman–Crippen LogP) is 4.76. The SMILES string of the molecule is O=C(NCCC=Cc1cccc2c1C(=O)C(=O)N2)OCC1c2ccccc2-c2ccccc21. The second-order valence-electron chi connectivity index (χ2n) is 8.00. The fourth-order valence-corrected chi connectivity index (χ4v) is 4.48. The van der Waals surface area contributed by atoms with Gasteiger partial charge in [-0.05, 0) is 40.3 Å². The number of ketones is 1. The van der Waals surface area contributed by atoms with Crippen LogP contribution in [0.1, 0.15) is 39.4 Å². The van der Waals surface area contributed by atoms with Crippen molar-refractivity contribution in [2.45, 2.75) is 12.3 Å². The van der Waals surface area contributed by atoms with Crippen molar-refractivity contribution in [3.63, 3.8) is 0 Å². The molecule has 0 unspecified atom stereocenters. The van der Waals surface area contributed by atoms with Gasteiger partial charge < -0.3 is 15.4 Å². The molecule has 0 saturated carbocycles. The predicted molar refractivity (Wildman–Crippen MR) is 126 cm³/mol. The maximum atomic E-state index is 12.2. The van der Waals surface area contributed by atoms with E-state index in [1.54, 1.807) is 24.3 Å². The highest BCUT2D eigenvalue weighted by Gasteiger charge is 2.30. The number of amides is 2. The number of carbonyl (C=O) groups is 3. The van der Waals surface area contributed by atoms with Gasteiger partial charge in [-0.25, -0.2) is 4.79 Å². The molecule has 0 fully saturated rings.